The van der Waals surface area contributed by atoms with E-state index in [2.05, 4.69) is 5.32 Å². The number of sulfone groups is 1. The minimum Gasteiger partial charge on any atom is -0.480 e. The zero-order valence-electron chi connectivity index (χ0n) is 10.6. The molecule has 8 heteroatoms. The van der Waals surface area contributed by atoms with E-state index < -0.39 is 39.4 Å². The Morgan fingerprint density at radius 2 is 2.11 bits per heavy atom. The third-order valence-corrected chi connectivity index (χ3v) is 4.73. The van der Waals surface area contributed by atoms with E-state index in [-0.39, 0.29) is 11.5 Å². The second-order valence-electron chi connectivity index (χ2n) is 4.72. The fourth-order valence-electron chi connectivity index (χ4n) is 2.11. The van der Waals surface area contributed by atoms with Crippen LogP contribution in [-0.2, 0) is 24.2 Å². The van der Waals surface area contributed by atoms with E-state index in [1.807, 2.05) is 0 Å². The van der Waals surface area contributed by atoms with Crippen LogP contribution in [0.4, 0.5) is 0 Å². The van der Waals surface area contributed by atoms with Crippen molar-refractivity contribution in [2.75, 3.05) is 11.5 Å². The number of carbonyl (C=O) groups is 3. The van der Waals surface area contributed by atoms with Crippen LogP contribution in [0.15, 0.2) is 0 Å². The summed E-state index contributed by atoms with van der Waals surface area (Å²) in [5.41, 5.74) is 0. The molecule has 0 saturated heterocycles. The first-order valence-corrected chi connectivity index (χ1v) is 7.76. The Hall–Kier alpha value is -1.44. The SMILES string of the molecule is CC(=O)N[C@H](CS(=O)(=O)C[C@H]1CCCC1=O)C(=O)O. The van der Waals surface area contributed by atoms with Crippen LogP contribution >= 0.6 is 0 Å². The average molecular weight is 291 g/mol. The minimum absolute atomic E-state index is 0.0880. The number of ketones is 1. The van der Waals surface area contributed by atoms with Gasteiger partial charge >= 0.3 is 5.97 Å². The first kappa shape index (κ1) is 15.6. The summed E-state index contributed by atoms with van der Waals surface area (Å²) >= 11 is 0. The lowest BCUT2D eigenvalue weighted by Gasteiger charge is -2.15. The Morgan fingerprint density at radius 3 is 2.53 bits per heavy atom. The zero-order valence-corrected chi connectivity index (χ0v) is 11.4. The van der Waals surface area contributed by atoms with E-state index >= 15 is 0 Å². The molecule has 2 atom stereocenters. The smallest absolute Gasteiger partial charge is 0.327 e. The summed E-state index contributed by atoms with van der Waals surface area (Å²) < 4.78 is 23.7. The third kappa shape index (κ3) is 4.98. The molecule has 108 valence electrons. The second kappa shape index (κ2) is 6.14. The molecule has 0 spiro atoms. The molecule has 1 aliphatic rings. The summed E-state index contributed by atoms with van der Waals surface area (Å²) in [4.78, 5) is 33.1. The van der Waals surface area contributed by atoms with Crippen molar-refractivity contribution in [3.05, 3.63) is 0 Å². The lowest BCUT2D eigenvalue weighted by atomic mass is 10.1. The molecule has 1 saturated carbocycles. The van der Waals surface area contributed by atoms with Crippen LogP contribution in [0, 0.1) is 5.92 Å². The lowest BCUT2D eigenvalue weighted by Crippen LogP contribution is -2.45. The lowest BCUT2D eigenvalue weighted by molar-refractivity contribution is -0.140. The van der Waals surface area contributed by atoms with Crippen molar-refractivity contribution in [3.8, 4) is 0 Å². The van der Waals surface area contributed by atoms with Gasteiger partial charge in [-0.25, -0.2) is 13.2 Å². The summed E-state index contributed by atoms with van der Waals surface area (Å²) in [7, 11) is -3.70. The standard InChI is InChI=1S/C11H17NO6S/c1-7(13)12-9(11(15)16)6-19(17,18)5-8-3-2-4-10(8)14/h8-9H,2-6H2,1H3,(H,12,13)(H,15,16)/t8-,9-/m1/s1. The summed E-state index contributed by atoms with van der Waals surface area (Å²) in [6.45, 7) is 1.11. The van der Waals surface area contributed by atoms with Gasteiger partial charge in [-0.05, 0) is 12.8 Å². The molecular formula is C11H17NO6S. The van der Waals surface area contributed by atoms with Gasteiger partial charge in [0.25, 0.3) is 0 Å². The summed E-state index contributed by atoms with van der Waals surface area (Å²) in [5, 5.41) is 10.9. The molecule has 0 aromatic rings. The van der Waals surface area contributed by atoms with Gasteiger partial charge in [0, 0.05) is 19.3 Å². The Bertz CT molecular complexity index is 483. The normalized spacial score (nSPS) is 21.1. The molecule has 0 radical (unpaired) electrons. The first-order chi connectivity index (χ1) is 8.71. The van der Waals surface area contributed by atoms with E-state index in [9.17, 15) is 22.8 Å². The van der Waals surface area contributed by atoms with Crippen molar-refractivity contribution >= 4 is 27.5 Å². The molecule has 0 bridgehead atoms. The predicted molar refractivity (Wildman–Crippen MR) is 66.2 cm³/mol. The van der Waals surface area contributed by atoms with Crippen LogP contribution in [0.25, 0.3) is 0 Å². The average Bonchev–Trinajstić information content (AvgIpc) is 2.61. The van der Waals surface area contributed by atoms with Crippen molar-refractivity contribution in [2.24, 2.45) is 5.92 Å². The van der Waals surface area contributed by atoms with Gasteiger partial charge in [0.1, 0.15) is 11.8 Å². The minimum atomic E-state index is -3.70. The van der Waals surface area contributed by atoms with Gasteiger partial charge in [-0.2, -0.15) is 0 Å². The Kier molecular flexibility index (Phi) is 5.04. The number of Topliss-reactive ketones (excluding diaryl/α,β-unsaturated/α-hetero) is 1. The summed E-state index contributed by atoms with van der Waals surface area (Å²) in [6.07, 6.45) is 1.58. The summed E-state index contributed by atoms with van der Waals surface area (Å²) in [6, 6.07) is -1.47. The predicted octanol–water partition coefficient (Wildman–Crippen LogP) is -0.640. The van der Waals surface area contributed by atoms with E-state index in [0.29, 0.717) is 19.3 Å². The molecule has 1 rings (SSSR count). The van der Waals surface area contributed by atoms with Crippen LogP contribution in [0.1, 0.15) is 26.2 Å². The molecule has 7 nitrogen and oxygen atoms in total. The monoisotopic (exact) mass is 291 g/mol. The molecule has 0 aromatic carbocycles. The van der Waals surface area contributed by atoms with Crippen LogP contribution < -0.4 is 5.32 Å². The maximum absolute atomic E-state index is 11.9. The van der Waals surface area contributed by atoms with Gasteiger partial charge in [0.05, 0.1) is 11.5 Å². The highest BCUT2D eigenvalue weighted by molar-refractivity contribution is 7.91. The number of amides is 1. The first-order valence-electron chi connectivity index (χ1n) is 5.94. The van der Waals surface area contributed by atoms with Gasteiger partial charge in [-0.1, -0.05) is 0 Å². The highest BCUT2D eigenvalue weighted by atomic mass is 32.2. The molecule has 0 heterocycles. The van der Waals surface area contributed by atoms with E-state index in [4.69, 9.17) is 5.11 Å². The number of hydrogen-bond donors (Lipinski definition) is 2. The fourth-order valence-corrected chi connectivity index (χ4v) is 3.95. The number of carboxylic acids is 1. The highest BCUT2D eigenvalue weighted by Gasteiger charge is 2.32. The Morgan fingerprint density at radius 1 is 1.47 bits per heavy atom. The largest absolute Gasteiger partial charge is 0.480 e. The molecule has 1 amide bonds. The quantitative estimate of drug-likeness (QED) is 0.672. The maximum atomic E-state index is 11.9. The van der Waals surface area contributed by atoms with Crippen molar-refractivity contribution in [1.82, 2.24) is 5.32 Å². The third-order valence-electron chi connectivity index (χ3n) is 2.98. The summed E-state index contributed by atoms with van der Waals surface area (Å²) in [5.74, 6) is -3.66. The van der Waals surface area contributed by atoms with Gasteiger partial charge in [0.2, 0.25) is 5.91 Å². The molecule has 0 aromatic heterocycles. The number of nitrogens with one attached hydrogen (secondary N) is 1. The molecule has 2 N–H and O–H groups in total. The second-order valence-corrected chi connectivity index (χ2v) is 6.88. The van der Waals surface area contributed by atoms with Crippen LogP contribution in [0.2, 0.25) is 0 Å². The van der Waals surface area contributed by atoms with Crippen LogP contribution in [-0.4, -0.2) is 48.7 Å². The molecule has 19 heavy (non-hydrogen) atoms. The number of hydrogen-bond acceptors (Lipinski definition) is 5. The van der Waals surface area contributed by atoms with Gasteiger partial charge in [0.15, 0.2) is 9.84 Å². The van der Waals surface area contributed by atoms with E-state index in [0.717, 1.165) is 6.92 Å². The molecular weight excluding hydrogens is 274 g/mol. The fraction of sp³-hybridized carbons (Fsp3) is 0.727. The Balaban J connectivity index is 2.68. The van der Waals surface area contributed by atoms with Gasteiger partial charge in [-0.15, -0.1) is 0 Å². The number of aliphatic carboxylic acids is 1. The number of carboxylic acid groups (broad SMARTS) is 1. The molecule has 0 aliphatic heterocycles. The highest BCUT2D eigenvalue weighted by Crippen LogP contribution is 2.23. The zero-order chi connectivity index (χ0) is 14.6. The van der Waals surface area contributed by atoms with Crippen molar-refractivity contribution in [1.29, 1.82) is 0 Å². The van der Waals surface area contributed by atoms with Crippen molar-refractivity contribution in [3.63, 3.8) is 0 Å². The van der Waals surface area contributed by atoms with E-state index in [1.54, 1.807) is 0 Å². The molecule has 1 aliphatic carbocycles. The molecule has 1 fully saturated rings. The van der Waals surface area contributed by atoms with Crippen LogP contribution in [0.5, 0.6) is 0 Å². The van der Waals surface area contributed by atoms with E-state index in [1.165, 1.54) is 0 Å². The maximum Gasteiger partial charge on any atom is 0.327 e. The van der Waals surface area contributed by atoms with Crippen molar-refractivity contribution < 1.29 is 27.9 Å². The molecule has 0 unspecified atom stereocenters. The van der Waals surface area contributed by atoms with Gasteiger partial charge < -0.3 is 10.4 Å². The number of rotatable bonds is 6. The van der Waals surface area contributed by atoms with Crippen LogP contribution in [0.3, 0.4) is 0 Å². The topological polar surface area (TPSA) is 118 Å². The Labute approximate surface area is 111 Å². The number of carbonyl (C=O) groups excluding carboxylic acids is 2. The van der Waals surface area contributed by atoms with Gasteiger partial charge in [-0.3, -0.25) is 9.59 Å². The van der Waals surface area contributed by atoms with Crippen molar-refractivity contribution in [2.45, 2.75) is 32.2 Å².